The summed E-state index contributed by atoms with van der Waals surface area (Å²) < 4.78 is 40.3. The molecule has 1 N–H and O–H groups in total. The zero-order chi connectivity index (χ0) is 29.7. The molecule has 5 heterocycles. The Kier molecular flexibility index (Phi) is 7.11. The summed E-state index contributed by atoms with van der Waals surface area (Å²) in [6.07, 6.45) is 3.98. The smallest absolute Gasteiger partial charge is 0.246 e. The molecule has 9 nitrogen and oxygen atoms in total. The lowest BCUT2D eigenvalue weighted by atomic mass is 9.97. The minimum atomic E-state index is -0.862. The second-order valence-electron chi connectivity index (χ2n) is 10.4. The van der Waals surface area contributed by atoms with Crippen LogP contribution in [0.1, 0.15) is 25.6 Å². The Morgan fingerprint density at radius 3 is 2.81 bits per heavy atom. The maximum atomic E-state index is 15.8. The van der Waals surface area contributed by atoms with Crippen molar-refractivity contribution in [3.63, 3.8) is 0 Å². The number of aliphatic hydroxyl groups excluding tert-OH is 1. The van der Waals surface area contributed by atoms with Crippen LogP contribution in [0.25, 0.3) is 43.9 Å². The molecule has 1 aromatic carbocycles. The fourth-order valence-corrected chi connectivity index (χ4v) is 6.27. The molecule has 0 fully saturated rings. The summed E-state index contributed by atoms with van der Waals surface area (Å²) in [5.74, 6) is -1.87. The van der Waals surface area contributed by atoms with Crippen molar-refractivity contribution in [1.29, 1.82) is 0 Å². The molecule has 5 aromatic rings. The summed E-state index contributed by atoms with van der Waals surface area (Å²) >= 11 is 1.39. The number of aromatic nitrogens is 5. The first-order valence-electron chi connectivity index (χ1n) is 13.3. The first-order chi connectivity index (χ1) is 20.1. The van der Waals surface area contributed by atoms with Crippen LogP contribution in [0.2, 0.25) is 0 Å². The lowest BCUT2D eigenvalue weighted by molar-refractivity contribution is -0.127. The molecule has 0 spiro atoms. The topological polar surface area (TPSA) is 98.3 Å². The number of thiophene rings is 1. The third kappa shape index (κ3) is 4.86. The molecule has 0 saturated heterocycles. The average Bonchev–Trinajstić information content (AvgIpc) is 3.70. The third-order valence-electron chi connectivity index (χ3n) is 7.13. The standard InChI is InChI=1S/C30H28F2N6O3S/c1-5-25(40)37-12-16(2)38-20(14-37)10-23(35-38)29-27(26-22(32)8-19(31)9-24(26)41-15-17(3)39)30-21(6-7-42-30)28(34-29)18-11-33-36(4)13-18/h5-11,13,16-17,39H,1,12,14-15H2,2-4H3/t16-,17+/m0/s1. The fourth-order valence-electron chi connectivity index (χ4n) is 5.32. The average molecular weight is 591 g/mol. The van der Waals surface area contributed by atoms with Gasteiger partial charge in [-0.25, -0.2) is 13.8 Å². The fraction of sp³-hybridized carbons (Fsp3) is 0.267. The third-order valence-corrected chi connectivity index (χ3v) is 8.06. The number of fused-ring (bicyclic) bond motifs is 2. The van der Waals surface area contributed by atoms with Crippen LogP contribution in [-0.2, 0) is 18.4 Å². The summed E-state index contributed by atoms with van der Waals surface area (Å²) in [6.45, 7) is 7.71. The highest BCUT2D eigenvalue weighted by molar-refractivity contribution is 7.18. The van der Waals surface area contributed by atoms with Crippen molar-refractivity contribution in [2.75, 3.05) is 13.2 Å². The van der Waals surface area contributed by atoms with E-state index < -0.39 is 17.7 Å². The van der Waals surface area contributed by atoms with E-state index in [1.807, 2.05) is 42.4 Å². The molecule has 1 aliphatic heterocycles. The first-order valence-corrected chi connectivity index (χ1v) is 14.2. The van der Waals surface area contributed by atoms with Crippen LogP contribution in [0.15, 0.2) is 54.7 Å². The maximum absolute atomic E-state index is 15.8. The molecule has 0 bridgehead atoms. The zero-order valence-corrected chi connectivity index (χ0v) is 24.0. The van der Waals surface area contributed by atoms with Crippen molar-refractivity contribution in [2.45, 2.75) is 32.5 Å². The summed E-state index contributed by atoms with van der Waals surface area (Å²) in [4.78, 5) is 19.2. The Balaban J connectivity index is 1.64. The van der Waals surface area contributed by atoms with Gasteiger partial charge in [0.1, 0.15) is 35.4 Å². The normalized spacial score (nSPS) is 15.6. The number of halogens is 2. The predicted octanol–water partition coefficient (Wildman–Crippen LogP) is 5.35. The Morgan fingerprint density at radius 1 is 1.29 bits per heavy atom. The Morgan fingerprint density at radius 2 is 2.10 bits per heavy atom. The van der Waals surface area contributed by atoms with Gasteiger partial charge in [0.2, 0.25) is 5.91 Å². The number of ether oxygens (including phenoxy) is 1. The number of hydrogen-bond acceptors (Lipinski definition) is 7. The van der Waals surface area contributed by atoms with Crippen molar-refractivity contribution in [3.8, 4) is 39.5 Å². The zero-order valence-electron chi connectivity index (χ0n) is 23.2. The summed E-state index contributed by atoms with van der Waals surface area (Å²) in [5.41, 5.74) is 3.43. The van der Waals surface area contributed by atoms with E-state index in [0.29, 0.717) is 40.4 Å². The molecule has 1 aliphatic rings. The lowest BCUT2D eigenvalue weighted by Crippen LogP contribution is -2.39. The number of benzene rings is 1. The van der Waals surface area contributed by atoms with Crippen LogP contribution in [0.5, 0.6) is 5.75 Å². The molecule has 1 amide bonds. The van der Waals surface area contributed by atoms with E-state index >= 15 is 4.39 Å². The number of rotatable bonds is 7. The van der Waals surface area contributed by atoms with Gasteiger partial charge in [0, 0.05) is 53.1 Å². The first kappa shape index (κ1) is 27.7. The van der Waals surface area contributed by atoms with E-state index in [4.69, 9.17) is 14.8 Å². The van der Waals surface area contributed by atoms with Crippen molar-refractivity contribution in [1.82, 2.24) is 29.4 Å². The molecule has 42 heavy (non-hydrogen) atoms. The number of nitrogens with zero attached hydrogens (tertiary/aromatic N) is 6. The Bertz CT molecular complexity index is 1840. The number of carbonyl (C=O) groups excluding carboxylic acids is 1. The van der Waals surface area contributed by atoms with Crippen molar-refractivity contribution < 1.29 is 23.4 Å². The van der Waals surface area contributed by atoms with Crippen LogP contribution in [0, 0.1) is 11.6 Å². The molecule has 0 saturated carbocycles. The molecule has 0 radical (unpaired) electrons. The largest absolute Gasteiger partial charge is 0.490 e. The number of aryl methyl sites for hydroxylation is 1. The lowest BCUT2D eigenvalue weighted by Gasteiger charge is -2.31. The van der Waals surface area contributed by atoms with Gasteiger partial charge in [-0.05, 0) is 37.4 Å². The highest BCUT2D eigenvalue weighted by atomic mass is 32.1. The van der Waals surface area contributed by atoms with E-state index in [9.17, 15) is 14.3 Å². The van der Waals surface area contributed by atoms with Crippen LogP contribution in [0.3, 0.4) is 0 Å². The second-order valence-corrected chi connectivity index (χ2v) is 11.3. The van der Waals surface area contributed by atoms with Crippen LogP contribution >= 0.6 is 11.3 Å². The number of aliphatic hydroxyl groups is 1. The molecule has 2 atom stereocenters. The van der Waals surface area contributed by atoms with E-state index in [1.54, 1.807) is 15.8 Å². The summed E-state index contributed by atoms with van der Waals surface area (Å²) in [7, 11) is 1.81. The molecular formula is C30H28F2N6O3S. The molecule has 0 unspecified atom stereocenters. The highest BCUT2D eigenvalue weighted by Gasteiger charge is 2.30. The van der Waals surface area contributed by atoms with Gasteiger partial charge in [-0.2, -0.15) is 10.2 Å². The van der Waals surface area contributed by atoms with Gasteiger partial charge in [-0.3, -0.25) is 14.2 Å². The van der Waals surface area contributed by atoms with Crippen LogP contribution < -0.4 is 4.74 Å². The number of carbonyl (C=O) groups is 1. The van der Waals surface area contributed by atoms with E-state index in [0.717, 1.165) is 28.8 Å². The van der Waals surface area contributed by atoms with Crippen molar-refractivity contribution >= 4 is 27.3 Å². The number of hydrogen-bond donors (Lipinski definition) is 1. The minimum absolute atomic E-state index is 0.0206. The monoisotopic (exact) mass is 590 g/mol. The molecule has 4 aromatic heterocycles. The van der Waals surface area contributed by atoms with Gasteiger partial charge in [0.25, 0.3) is 0 Å². The quantitative estimate of drug-likeness (QED) is 0.257. The van der Waals surface area contributed by atoms with Crippen molar-refractivity contribution in [2.24, 2.45) is 7.05 Å². The summed E-state index contributed by atoms with van der Waals surface area (Å²) in [6, 6.07) is 5.53. The molecular weight excluding hydrogens is 562 g/mol. The Labute approximate surface area is 244 Å². The number of pyridine rings is 1. The van der Waals surface area contributed by atoms with Gasteiger partial charge >= 0.3 is 0 Å². The van der Waals surface area contributed by atoms with E-state index in [2.05, 4.69) is 11.7 Å². The minimum Gasteiger partial charge on any atom is -0.490 e. The molecule has 0 aliphatic carbocycles. The number of amides is 1. The van der Waals surface area contributed by atoms with Gasteiger partial charge < -0.3 is 14.7 Å². The molecule has 12 heteroatoms. The van der Waals surface area contributed by atoms with Gasteiger partial charge in [-0.15, -0.1) is 11.3 Å². The molecule has 216 valence electrons. The summed E-state index contributed by atoms with van der Waals surface area (Å²) in [5, 5.41) is 21.7. The predicted molar refractivity (Wildman–Crippen MR) is 156 cm³/mol. The Hall–Kier alpha value is -4.42. The van der Waals surface area contributed by atoms with E-state index in [-0.39, 0.29) is 29.9 Å². The van der Waals surface area contributed by atoms with Crippen LogP contribution in [-0.4, -0.2) is 59.7 Å². The highest BCUT2D eigenvalue weighted by Crippen LogP contribution is 2.47. The SMILES string of the molecule is C=CC(=O)N1Cc2cc(-c3nc(-c4cnn(C)c4)c4ccsc4c3-c3c(F)cc(F)cc3OC[C@@H](C)O)nn2[C@@H](C)C1. The van der Waals surface area contributed by atoms with Gasteiger partial charge in [0.05, 0.1) is 41.8 Å². The van der Waals surface area contributed by atoms with E-state index in [1.165, 1.54) is 24.3 Å². The van der Waals surface area contributed by atoms with Crippen LogP contribution in [0.4, 0.5) is 8.78 Å². The molecule has 6 rings (SSSR count). The second kappa shape index (κ2) is 10.8. The van der Waals surface area contributed by atoms with Crippen molar-refractivity contribution in [3.05, 3.63) is 72.0 Å². The maximum Gasteiger partial charge on any atom is 0.246 e. The van der Waals surface area contributed by atoms with Gasteiger partial charge in [-0.1, -0.05) is 6.58 Å². The van der Waals surface area contributed by atoms with Gasteiger partial charge in [0.15, 0.2) is 0 Å².